The van der Waals surface area contributed by atoms with Crippen LogP contribution < -0.4 is 19.5 Å². The standard InChI is InChI=1S/C23H25NO5/c1-13(9-23(25)24-19-8-7-16(26-4)10-22(19)28-6)17-11-18-14(2)15(3)29-21(18)12-20(17)27-5/h7-12H,1-6H3,(H,24,25)/b13-9+. The lowest BCUT2D eigenvalue weighted by molar-refractivity contribution is -0.111. The van der Waals surface area contributed by atoms with E-state index in [-0.39, 0.29) is 5.91 Å². The van der Waals surface area contributed by atoms with Crippen LogP contribution in [0.2, 0.25) is 0 Å². The maximum Gasteiger partial charge on any atom is 0.248 e. The van der Waals surface area contributed by atoms with E-state index in [0.29, 0.717) is 22.9 Å². The van der Waals surface area contributed by atoms with Crippen LogP contribution in [0.25, 0.3) is 16.5 Å². The monoisotopic (exact) mass is 395 g/mol. The lowest BCUT2D eigenvalue weighted by Crippen LogP contribution is -2.10. The zero-order valence-corrected chi connectivity index (χ0v) is 17.5. The van der Waals surface area contributed by atoms with Gasteiger partial charge in [0, 0.05) is 29.2 Å². The summed E-state index contributed by atoms with van der Waals surface area (Å²) in [5.74, 6) is 2.41. The highest BCUT2D eigenvalue weighted by atomic mass is 16.5. The topological polar surface area (TPSA) is 69.9 Å². The van der Waals surface area contributed by atoms with Crippen molar-refractivity contribution in [2.75, 3.05) is 26.6 Å². The van der Waals surface area contributed by atoms with Crippen molar-refractivity contribution < 1.29 is 23.4 Å². The molecule has 0 aliphatic heterocycles. The third-order valence-electron chi connectivity index (χ3n) is 4.94. The predicted octanol–water partition coefficient (Wildman–Crippen LogP) is 5.12. The number of aryl methyl sites for hydroxylation is 2. The van der Waals surface area contributed by atoms with Gasteiger partial charge in [-0.3, -0.25) is 4.79 Å². The largest absolute Gasteiger partial charge is 0.497 e. The van der Waals surface area contributed by atoms with E-state index in [1.165, 1.54) is 6.08 Å². The van der Waals surface area contributed by atoms with Gasteiger partial charge in [-0.05, 0) is 50.1 Å². The molecule has 3 aromatic rings. The van der Waals surface area contributed by atoms with Gasteiger partial charge in [0.05, 0.1) is 27.0 Å². The number of fused-ring (bicyclic) bond motifs is 1. The minimum absolute atomic E-state index is 0.270. The van der Waals surface area contributed by atoms with Crippen molar-refractivity contribution in [2.45, 2.75) is 20.8 Å². The average molecular weight is 395 g/mol. The van der Waals surface area contributed by atoms with Crippen LogP contribution in [0, 0.1) is 13.8 Å². The first-order valence-corrected chi connectivity index (χ1v) is 9.17. The second-order valence-corrected chi connectivity index (χ2v) is 6.71. The maximum atomic E-state index is 12.6. The molecule has 0 unspecified atom stereocenters. The first-order chi connectivity index (χ1) is 13.9. The number of ether oxygens (including phenoxy) is 3. The number of methoxy groups -OCH3 is 3. The second kappa shape index (κ2) is 8.31. The molecular formula is C23H25NO5. The van der Waals surface area contributed by atoms with Gasteiger partial charge in [0.25, 0.3) is 0 Å². The van der Waals surface area contributed by atoms with E-state index in [4.69, 9.17) is 18.6 Å². The summed E-state index contributed by atoms with van der Waals surface area (Å²) in [7, 11) is 4.72. The Labute approximate surface area is 170 Å². The Morgan fingerprint density at radius 2 is 1.72 bits per heavy atom. The first-order valence-electron chi connectivity index (χ1n) is 9.17. The smallest absolute Gasteiger partial charge is 0.248 e. The summed E-state index contributed by atoms with van der Waals surface area (Å²) in [6, 6.07) is 9.06. The maximum absolute atomic E-state index is 12.6. The minimum atomic E-state index is -0.270. The van der Waals surface area contributed by atoms with Gasteiger partial charge in [0.2, 0.25) is 5.91 Å². The summed E-state index contributed by atoms with van der Waals surface area (Å²) in [5, 5.41) is 3.85. The number of carbonyl (C=O) groups excluding carboxylic acids is 1. The van der Waals surface area contributed by atoms with E-state index in [9.17, 15) is 4.79 Å². The van der Waals surface area contributed by atoms with Crippen LogP contribution in [-0.2, 0) is 4.79 Å². The summed E-state index contributed by atoms with van der Waals surface area (Å²) >= 11 is 0. The van der Waals surface area contributed by atoms with E-state index in [2.05, 4.69) is 5.32 Å². The van der Waals surface area contributed by atoms with Crippen LogP contribution in [-0.4, -0.2) is 27.2 Å². The molecular weight excluding hydrogens is 370 g/mol. The molecule has 2 aromatic carbocycles. The summed E-state index contributed by atoms with van der Waals surface area (Å²) < 4.78 is 21.8. The number of benzene rings is 2. The molecule has 0 bridgehead atoms. The Hall–Kier alpha value is -3.41. The normalized spacial score (nSPS) is 11.4. The third kappa shape index (κ3) is 4.06. The van der Waals surface area contributed by atoms with Crippen molar-refractivity contribution in [3.63, 3.8) is 0 Å². The van der Waals surface area contributed by atoms with Crippen molar-refractivity contribution >= 4 is 28.1 Å². The number of anilines is 1. The molecule has 0 atom stereocenters. The first kappa shape index (κ1) is 20.3. The lowest BCUT2D eigenvalue weighted by atomic mass is 10.0. The quantitative estimate of drug-likeness (QED) is 0.587. The van der Waals surface area contributed by atoms with Crippen LogP contribution in [0.3, 0.4) is 0 Å². The van der Waals surface area contributed by atoms with Gasteiger partial charge in [-0.25, -0.2) is 0 Å². The van der Waals surface area contributed by atoms with Crippen LogP contribution in [0.4, 0.5) is 5.69 Å². The number of allylic oxidation sites excluding steroid dienone is 1. The second-order valence-electron chi connectivity index (χ2n) is 6.71. The number of carbonyl (C=O) groups is 1. The van der Waals surface area contributed by atoms with E-state index in [0.717, 1.165) is 33.4 Å². The summed E-state index contributed by atoms with van der Waals surface area (Å²) in [4.78, 5) is 12.6. The molecule has 0 aliphatic rings. The zero-order chi connectivity index (χ0) is 21.1. The van der Waals surface area contributed by atoms with Gasteiger partial charge in [-0.1, -0.05) is 0 Å². The molecule has 3 rings (SSSR count). The number of nitrogens with one attached hydrogen (secondary N) is 1. The Morgan fingerprint density at radius 3 is 2.38 bits per heavy atom. The fourth-order valence-electron chi connectivity index (χ4n) is 3.19. The zero-order valence-electron chi connectivity index (χ0n) is 17.5. The van der Waals surface area contributed by atoms with Gasteiger partial charge in [0.1, 0.15) is 28.6 Å². The molecule has 0 saturated carbocycles. The molecule has 6 heteroatoms. The molecule has 1 aromatic heterocycles. The average Bonchev–Trinajstić information content (AvgIpc) is 3.00. The highest BCUT2D eigenvalue weighted by molar-refractivity contribution is 6.05. The molecule has 0 saturated heterocycles. The van der Waals surface area contributed by atoms with Crippen molar-refractivity contribution in [1.82, 2.24) is 0 Å². The summed E-state index contributed by atoms with van der Waals surface area (Å²) in [6.07, 6.45) is 1.54. The van der Waals surface area contributed by atoms with Gasteiger partial charge in [-0.2, -0.15) is 0 Å². The Morgan fingerprint density at radius 1 is 1.00 bits per heavy atom. The third-order valence-corrected chi connectivity index (χ3v) is 4.94. The van der Waals surface area contributed by atoms with Gasteiger partial charge < -0.3 is 23.9 Å². The number of hydrogen-bond acceptors (Lipinski definition) is 5. The van der Waals surface area contributed by atoms with Gasteiger partial charge in [0.15, 0.2) is 0 Å². The van der Waals surface area contributed by atoms with E-state index in [1.54, 1.807) is 39.5 Å². The van der Waals surface area contributed by atoms with Gasteiger partial charge >= 0.3 is 0 Å². The Kier molecular flexibility index (Phi) is 5.82. The molecule has 0 fully saturated rings. The Balaban J connectivity index is 1.92. The van der Waals surface area contributed by atoms with Crippen molar-refractivity contribution in [1.29, 1.82) is 0 Å². The van der Waals surface area contributed by atoms with Gasteiger partial charge in [-0.15, -0.1) is 0 Å². The molecule has 0 radical (unpaired) electrons. The van der Waals surface area contributed by atoms with Crippen LogP contribution >= 0.6 is 0 Å². The fraction of sp³-hybridized carbons (Fsp3) is 0.261. The lowest BCUT2D eigenvalue weighted by Gasteiger charge is -2.12. The highest BCUT2D eigenvalue weighted by Gasteiger charge is 2.15. The predicted molar refractivity (Wildman–Crippen MR) is 114 cm³/mol. The molecule has 29 heavy (non-hydrogen) atoms. The molecule has 6 nitrogen and oxygen atoms in total. The van der Waals surface area contributed by atoms with Crippen molar-refractivity contribution in [3.05, 3.63) is 53.3 Å². The van der Waals surface area contributed by atoms with Crippen LogP contribution in [0.5, 0.6) is 17.2 Å². The molecule has 152 valence electrons. The van der Waals surface area contributed by atoms with E-state index in [1.807, 2.05) is 32.9 Å². The number of amides is 1. The number of rotatable bonds is 6. The highest BCUT2D eigenvalue weighted by Crippen LogP contribution is 2.35. The van der Waals surface area contributed by atoms with E-state index < -0.39 is 0 Å². The SMILES string of the molecule is COc1ccc(NC(=O)/C=C(\C)c2cc3c(C)c(C)oc3cc2OC)c(OC)c1. The molecule has 0 aliphatic carbocycles. The number of hydrogen-bond donors (Lipinski definition) is 1. The summed E-state index contributed by atoms with van der Waals surface area (Å²) in [5.41, 5.74) is 4.00. The van der Waals surface area contributed by atoms with Crippen LogP contribution in [0.1, 0.15) is 23.8 Å². The van der Waals surface area contributed by atoms with Crippen molar-refractivity contribution in [2.24, 2.45) is 0 Å². The summed E-state index contributed by atoms with van der Waals surface area (Å²) in [6.45, 7) is 5.82. The minimum Gasteiger partial charge on any atom is -0.497 e. The number of furan rings is 1. The molecule has 1 heterocycles. The fourth-order valence-corrected chi connectivity index (χ4v) is 3.19. The van der Waals surface area contributed by atoms with E-state index >= 15 is 0 Å². The molecule has 0 spiro atoms. The Bertz CT molecular complexity index is 1090. The van der Waals surface area contributed by atoms with Crippen molar-refractivity contribution in [3.8, 4) is 17.2 Å². The van der Waals surface area contributed by atoms with Crippen LogP contribution in [0.15, 0.2) is 40.8 Å². The molecule has 1 N–H and O–H groups in total. The molecule has 1 amide bonds.